The number of ether oxygens (including phenoxy) is 1. The summed E-state index contributed by atoms with van der Waals surface area (Å²) in [7, 11) is 0. The van der Waals surface area contributed by atoms with E-state index in [1.54, 1.807) is 0 Å². The Morgan fingerprint density at radius 2 is 1.14 bits per heavy atom. The van der Waals surface area contributed by atoms with Crippen molar-refractivity contribution >= 4 is 27.7 Å². The Hall–Kier alpha value is -7.94. The number of hydrogen-bond donors (Lipinski definition) is 0. The molecule has 312 valence electrons. The highest BCUT2D eigenvalue weighted by Gasteiger charge is 2.53. The highest BCUT2D eigenvalue weighted by atomic mass is 16.5. The third-order valence-electron chi connectivity index (χ3n) is 15.6. The van der Waals surface area contributed by atoms with E-state index in [0.29, 0.717) is 0 Å². The third kappa shape index (κ3) is 5.02. The summed E-state index contributed by atoms with van der Waals surface area (Å²) in [6.07, 6.45) is 18.6. The summed E-state index contributed by atoms with van der Waals surface area (Å²) < 4.78 is 7.25. The van der Waals surface area contributed by atoms with Crippen LogP contribution in [0, 0.1) is 17.3 Å². The van der Waals surface area contributed by atoms with Crippen molar-refractivity contribution in [2.45, 2.75) is 18.4 Å². The summed E-state index contributed by atoms with van der Waals surface area (Å²) in [6.45, 7) is 2.39. The van der Waals surface area contributed by atoms with Crippen LogP contribution in [0.5, 0.6) is 0 Å². The van der Waals surface area contributed by atoms with Gasteiger partial charge in [-0.1, -0.05) is 219 Å². The molecule has 0 bridgehead atoms. The zero-order valence-electron chi connectivity index (χ0n) is 36.6. The lowest BCUT2D eigenvalue weighted by Crippen LogP contribution is -2.39. The van der Waals surface area contributed by atoms with Gasteiger partial charge in [-0.25, -0.2) is 0 Å². The van der Waals surface area contributed by atoms with Crippen LogP contribution in [-0.4, -0.2) is 6.04 Å². The molecule has 2 nitrogen and oxygen atoms in total. The molecule has 0 fully saturated rings. The average Bonchev–Trinajstić information content (AvgIpc) is 4.01. The Morgan fingerprint density at radius 1 is 0.515 bits per heavy atom. The van der Waals surface area contributed by atoms with Gasteiger partial charge in [-0.15, -0.1) is 0 Å². The van der Waals surface area contributed by atoms with Gasteiger partial charge in [-0.05, 0) is 96.3 Å². The SMILES string of the molecule is CC12C=CC=CC1C1=C(C=C2c2cccc3ccccc23)C2C(=CC=CC2N(c2ccc3c(c2)C2(c4ccccc4-c4ccccc42)c2ccccc2-3)c2ccccc2-c2ccccc2)O1. The lowest BCUT2D eigenvalue weighted by molar-refractivity contribution is 0.238. The maximum atomic E-state index is 7.25. The molecule has 0 saturated heterocycles. The van der Waals surface area contributed by atoms with E-state index in [4.69, 9.17) is 4.74 Å². The number of hydrogen-bond acceptors (Lipinski definition) is 2. The first-order valence-electron chi connectivity index (χ1n) is 23.4. The Labute approximate surface area is 386 Å². The third-order valence-corrected chi connectivity index (χ3v) is 15.6. The molecule has 0 saturated carbocycles. The first-order chi connectivity index (χ1) is 32.6. The summed E-state index contributed by atoms with van der Waals surface area (Å²) in [6, 6.07) is 69.9. The van der Waals surface area contributed by atoms with Crippen LogP contribution in [0.4, 0.5) is 11.4 Å². The van der Waals surface area contributed by atoms with Gasteiger partial charge in [0.2, 0.25) is 0 Å². The highest BCUT2D eigenvalue weighted by Crippen LogP contribution is 2.64. The first-order valence-corrected chi connectivity index (χ1v) is 23.4. The number of para-hydroxylation sites is 1. The second kappa shape index (κ2) is 14.0. The zero-order chi connectivity index (χ0) is 43.6. The molecule has 6 aliphatic rings. The van der Waals surface area contributed by atoms with Crippen molar-refractivity contribution in [2.24, 2.45) is 17.3 Å². The maximum absolute atomic E-state index is 7.25. The summed E-state index contributed by atoms with van der Waals surface area (Å²) in [5.74, 6) is 2.02. The molecule has 4 unspecified atom stereocenters. The second-order valence-electron chi connectivity index (χ2n) is 18.8. The smallest absolute Gasteiger partial charge is 0.116 e. The van der Waals surface area contributed by atoms with Crippen LogP contribution in [0.15, 0.2) is 254 Å². The molecule has 4 atom stereocenters. The van der Waals surface area contributed by atoms with Crippen molar-refractivity contribution in [3.8, 4) is 33.4 Å². The molecule has 5 aliphatic carbocycles. The fourth-order valence-corrected chi connectivity index (χ4v) is 12.8. The normalized spacial score (nSPS) is 21.8. The number of benzene rings is 8. The first kappa shape index (κ1) is 37.4. The van der Waals surface area contributed by atoms with E-state index in [1.807, 2.05) is 0 Å². The van der Waals surface area contributed by atoms with Crippen molar-refractivity contribution in [3.05, 3.63) is 282 Å². The zero-order valence-corrected chi connectivity index (χ0v) is 36.6. The number of rotatable bonds is 5. The minimum atomic E-state index is -0.468. The van der Waals surface area contributed by atoms with E-state index in [0.717, 1.165) is 22.9 Å². The molecular formula is C64H45NO. The van der Waals surface area contributed by atoms with Gasteiger partial charge in [0.1, 0.15) is 11.5 Å². The Morgan fingerprint density at radius 3 is 1.89 bits per heavy atom. The second-order valence-corrected chi connectivity index (χ2v) is 18.8. The van der Waals surface area contributed by atoms with Crippen LogP contribution in [0.25, 0.3) is 49.7 Å². The minimum absolute atomic E-state index is 0.0366. The van der Waals surface area contributed by atoms with Crippen molar-refractivity contribution in [3.63, 3.8) is 0 Å². The van der Waals surface area contributed by atoms with Crippen LogP contribution in [0.1, 0.15) is 34.7 Å². The molecule has 1 aliphatic heterocycles. The standard InChI is InChI=1S/C64H45NO/c1-63-38-16-15-32-55(63)62-51(40-56(63)46-28-17-22-41-21-5-6-23-44(41)46)61-59(34-18-35-60(61)66-62)65(58-33-14-10-24-45(58)42-19-3-2-4-20-42)43-36-37-50-49-27-9-13-31-54(49)64(57(50)39-43)52-29-11-7-25-47(52)48-26-8-12-30-53(48)64/h2-40,55,59,61H,1H3. The van der Waals surface area contributed by atoms with E-state index in [9.17, 15) is 0 Å². The molecule has 0 amide bonds. The van der Waals surface area contributed by atoms with E-state index in [-0.39, 0.29) is 23.3 Å². The molecule has 66 heavy (non-hydrogen) atoms. The van der Waals surface area contributed by atoms with Gasteiger partial charge in [0.15, 0.2) is 0 Å². The molecular weight excluding hydrogens is 799 g/mol. The number of fused-ring (bicyclic) bond motifs is 15. The fourth-order valence-electron chi connectivity index (χ4n) is 12.8. The largest absolute Gasteiger partial charge is 0.464 e. The van der Waals surface area contributed by atoms with Gasteiger partial charge in [0, 0.05) is 33.8 Å². The molecule has 14 rings (SSSR count). The van der Waals surface area contributed by atoms with Crippen molar-refractivity contribution in [1.29, 1.82) is 0 Å². The summed E-state index contributed by atoms with van der Waals surface area (Å²) in [4.78, 5) is 2.63. The quantitative estimate of drug-likeness (QED) is 0.171. The average molecular weight is 844 g/mol. The lowest BCUT2D eigenvalue weighted by atomic mass is 9.62. The lowest BCUT2D eigenvalue weighted by Gasteiger charge is -2.42. The van der Waals surface area contributed by atoms with Gasteiger partial charge in [0.25, 0.3) is 0 Å². The summed E-state index contributed by atoms with van der Waals surface area (Å²) >= 11 is 0. The molecule has 0 aromatic heterocycles. The van der Waals surface area contributed by atoms with Gasteiger partial charge in [-0.3, -0.25) is 0 Å². The van der Waals surface area contributed by atoms with Crippen molar-refractivity contribution in [2.75, 3.05) is 4.90 Å². The molecule has 2 heteroatoms. The molecule has 1 heterocycles. The van der Waals surface area contributed by atoms with Gasteiger partial charge < -0.3 is 9.64 Å². The number of anilines is 2. The minimum Gasteiger partial charge on any atom is -0.464 e. The summed E-state index contributed by atoms with van der Waals surface area (Å²) in [5.41, 5.74) is 18.3. The van der Waals surface area contributed by atoms with Crippen LogP contribution < -0.4 is 4.90 Å². The molecule has 0 N–H and O–H groups in total. The van der Waals surface area contributed by atoms with Gasteiger partial charge >= 0.3 is 0 Å². The van der Waals surface area contributed by atoms with E-state index in [1.165, 1.54) is 83.1 Å². The maximum Gasteiger partial charge on any atom is 0.116 e. The Bertz CT molecular complexity index is 3490. The molecule has 1 spiro atoms. The number of allylic oxidation sites excluding steroid dienone is 8. The van der Waals surface area contributed by atoms with Crippen LogP contribution in [0.2, 0.25) is 0 Å². The van der Waals surface area contributed by atoms with Gasteiger partial charge in [0.05, 0.1) is 17.4 Å². The van der Waals surface area contributed by atoms with E-state index < -0.39 is 5.41 Å². The Balaban J connectivity index is 1.01. The van der Waals surface area contributed by atoms with Gasteiger partial charge in [-0.2, -0.15) is 0 Å². The molecule has 8 aromatic rings. The monoisotopic (exact) mass is 843 g/mol. The van der Waals surface area contributed by atoms with E-state index in [2.05, 4.69) is 248 Å². The molecule has 8 aromatic carbocycles. The van der Waals surface area contributed by atoms with Crippen LogP contribution >= 0.6 is 0 Å². The Kier molecular flexibility index (Phi) is 7.96. The number of nitrogens with zero attached hydrogens (tertiary/aromatic N) is 1. The van der Waals surface area contributed by atoms with Crippen LogP contribution in [-0.2, 0) is 10.2 Å². The molecule has 0 radical (unpaired) electrons. The van der Waals surface area contributed by atoms with Crippen molar-refractivity contribution < 1.29 is 4.74 Å². The summed E-state index contributed by atoms with van der Waals surface area (Å²) in [5, 5.41) is 2.52. The predicted molar refractivity (Wildman–Crippen MR) is 271 cm³/mol. The van der Waals surface area contributed by atoms with Crippen LogP contribution in [0.3, 0.4) is 0 Å². The topological polar surface area (TPSA) is 12.5 Å². The highest BCUT2D eigenvalue weighted by molar-refractivity contribution is 5.98. The van der Waals surface area contributed by atoms with Crippen molar-refractivity contribution in [1.82, 2.24) is 0 Å². The predicted octanol–water partition coefficient (Wildman–Crippen LogP) is 15.6. The fraction of sp³-hybridized carbons (Fsp3) is 0.0938. The van der Waals surface area contributed by atoms with E-state index >= 15 is 0 Å².